The Kier molecular flexibility index (Phi) is 9.08. The fourth-order valence-electron chi connectivity index (χ4n) is 2.34. The van der Waals surface area contributed by atoms with Crippen molar-refractivity contribution in [3.8, 4) is 0 Å². The number of alkyl halides is 17. The zero-order chi connectivity index (χ0) is 26.9. The molecule has 0 saturated heterocycles. The van der Waals surface area contributed by atoms with Crippen molar-refractivity contribution in [2.45, 2.75) is 86.2 Å². The van der Waals surface area contributed by atoms with Crippen molar-refractivity contribution in [2.75, 3.05) is 6.61 Å². The molecule has 1 N–H and O–H groups in total. The van der Waals surface area contributed by atoms with Gasteiger partial charge in [-0.3, -0.25) is 0 Å². The minimum atomic E-state index is -8.59. The maximum absolute atomic E-state index is 13.6. The monoisotopic (exact) mass is 534 g/mol. The Hall–Kier alpha value is -1.23. The molecule has 0 aliphatic rings. The summed E-state index contributed by atoms with van der Waals surface area (Å²) >= 11 is 0. The Morgan fingerprint density at radius 1 is 0.364 bits per heavy atom. The maximum atomic E-state index is 13.6. The van der Waals surface area contributed by atoms with E-state index in [1.807, 2.05) is 0 Å². The highest BCUT2D eigenvalue weighted by atomic mass is 19.4. The summed E-state index contributed by atoms with van der Waals surface area (Å²) in [7, 11) is 0. The molecule has 0 aliphatic heterocycles. The number of rotatable bonds is 13. The SMILES string of the molecule is OCCCCCCCC(F)(F)C(F)(F)C(F)(F)C(F)(F)C(F)(F)C(F)(F)C(F)(F)C(F)(F)F. The molecule has 0 aromatic rings. The van der Waals surface area contributed by atoms with Gasteiger partial charge in [-0.15, -0.1) is 0 Å². The molecule has 200 valence electrons. The standard InChI is InChI=1S/C15H15F17O/c16-8(17,6-4-2-1-3-5-7-33)9(18,19)10(20,21)11(22,23)12(24,25)13(26,27)14(28,29)15(30,31)32/h33H,1-7H2. The first-order chi connectivity index (χ1) is 14.3. The van der Waals surface area contributed by atoms with Crippen LogP contribution in [0, 0.1) is 0 Å². The van der Waals surface area contributed by atoms with Crippen LogP contribution in [-0.2, 0) is 0 Å². The van der Waals surface area contributed by atoms with Crippen LogP contribution in [0.1, 0.15) is 38.5 Å². The summed E-state index contributed by atoms with van der Waals surface area (Å²) < 4.78 is 222. The van der Waals surface area contributed by atoms with E-state index in [9.17, 15) is 74.6 Å². The lowest BCUT2D eigenvalue weighted by atomic mass is 9.87. The van der Waals surface area contributed by atoms with Crippen LogP contribution in [-0.4, -0.2) is 59.3 Å². The lowest BCUT2D eigenvalue weighted by Gasteiger charge is -2.42. The van der Waals surface area contributed by atoms with Gasteiger partial charge in [0.05, 0.1) is 0 Å². The summed E-state index contributed by atoms with van der Waals surface area (Å²) in [4.78, 5) is 0. The molecular weight excluding hydrogens is 519 g/mol. The first-order valence-corrected chi connectivity index (χ1v) is 8.63. The molecule has 0 aromatic heterocycles. The highest BCUT2D eigenvalue weighted by Gasteiger charge is 2.95. The Bertz CT molecular complexity index is 637. The predicted octanol–water partition coefficient (Wildman–Crippen LogP) is 7.33. The third kappa shape index (κ3) is 5.09. The highest BCUT2D eigenvalue weighted by Crippen LogP contribution is 2.64. The topological polar surface area (TPSA) is 20.2 Å². The molecule has 18 heteroatoms. The van der Waals surface area contributed by atoms with E-state index in [0.29, 0.717) is 0 Å². The zero-order valence-corrected chi connectivity index (χ0v) is 15.8. The van der Waals surface area contributed by atoms with Crippen LogP contribution in [0.5, 0.6) is 0 Å². The Labute approximate surface area is 173 Å². The Morgan fingerprint density at radius 2 is 0.667 bits per heavy atom. The van der Waals surface area contributed by atoms with Crippen LogP contribution in [0.4, 0.5) is 74.6 Å². The number of hydrogen-bond acceptors (Lipinski definition) is 1. The predicted molar refractivity (Wildman–Crippen MR) is 75.5 cm³/mol. The number of unbranched alkanes of at least 4 members (excludes halogenated alkanes) is 4. The summed E-state index contributed by atoms with van der Waals surface area (Å²) in [5, 5.41) is 8.44. The minimum absolute atomic E-state index is 0.0778. The van der Waals surface area contributed by atoms with Gasteiger partial charge in [0.15, 0.2) is 0 Å². The fraction of sp³-hybridized carbons (Fsp3) is 1.00. The van der Waals surface area contributed by atoms with Crippen LogP contribution in [0.3, 0.4) is 0 Å². The molecule has 0 bridgehead atoms. The molecule has 0 aromatic carbocycles. The van der Waals surface area contributed by atoms with Gasteiger partial charge in [-0.1, -0.05) is 19.3 Å². The maximum Gasteiger partial charge on any atom is 0.460 e. The lowest BCUT2D eigenvalue weighted by molar-refractivity contribution is -0.461. The average molecular weight is 534 g/mol. The first kappa shape index (κ1) is 31.8. The smallest absolute Gasteiger partial charge is 0.396 e. The first-order valence-electron chi connectivity index (χ1n) is 8.63. The molecule has 0 fully saturated rings. The fourth-order valence-corrected chi connectivity index (χ4v) is 2.34. The van der Waals surface area contributed by atoms with Gasteiger partial charge in [0.1, 0.15) is 0 Å². The van der Waals surface area contributed by atoms with Gasteiger partial charge >= 0.3 is 47.6 Å². The van der Waals surface area contributed by atoms with Crippen molar-refractivity contribution in [3.05, 3.63) is 0 Å². The number of aliphatic hydroxyl groups is 1. The number of halogens is 17. The minimum Gasteiger partial charge on any atom is -0.396 e. The Morgan fingerprint density at radius 3 is 1.03 bits per heavy atom. The van der Waals surface area contributed by atoms with E-state index in [1.54, 1.807) is 0 Å². The highest BCUT2D eigenvalue weighted by molar-refractivity contribution is 5.15. The third-order valence-corrected chi connectivity index (χ3v) is 4.44. The van der Waals surface area contributed by atoms with Crippen molar-refractivity contribution in [3.63, 3.8) is 0 Å². The van der Waals surface area contributed by atoms with E-state index in [-0.39, 0.29) is 25.9 Å². The summed E-state index contributed by atoms with van der Waals surface area (Å²) in [6.07, 6.45) is -11.6. The number of aliphatic hydroxyl groups excluding tert-OH is 1. The summed E-state index contributed by atoms with van der Waals surface area (Å²) in [5.74, 6) is -55.9. The summed E-state index contributed by atoms with van der Waals surface area (Å²) in [6, 6.07) is 0. The molecule has 0 atom stereocenters. The van der Waals surface area contributed by atoms with Crippen molar-refractivity contribution in [2.24, 2.45) is 0 Å². The normalized spacial score (nSPS) is 15.8. The van der Waals surface area contributed by atoms with Gasteiger partial charge in [0, 0.05) is 13.0 Å². The van der Waals surface area contributed by atoms with Crippen LogP contribution in [0.2, 0.25) is 0 Å². The largest absolute Gasteiger partial charge is 0.460 e. The summed E-state index contributed by atoms with van der Waals surface area (Å²) in [5.41, 5.74) is 0. The molecular formula is C15H15F17O. The van der Waals surface area contributed by atoms with Crippen molar-refractivity contribution in [1.82, 2.24) is 0 Å². The molecule has 0 rings (SSSR count). The van der Waals surface area contributed by atoms with Gasteiger partial charge < -0.3 is 5.11 Å². The molecule has 0 saturated carbocycles. The van der Waals surface area contributed by atoms with Gasteiger partial charge in [0.25, 0.3) is 0 Å². The zero-order valence-electron chi connectivity index (χ0n) is 15.8. The molecule has 0 amide bonds. The van der Waals surface area contributed by atoms with Gasteiger partial charge in [-0.2, -0.15) is 74.6 Å². The van der Waals surface area contributed by atoms with Crippen LogP contribution >= 0.6 is 0 Å². The molecule has 0 heterocycles. The summed E-state index contributed by atoms with van der Waals surface area (Å²) in [6.45, 7) is -0.373. The van der Waals surface area contributed by atoms with Crippen molar-refractivity contribution >= 4 is 0 Å². The van der Waals surface area contributed by atoms with E-state index < -0.39 is 66.9 Å². The lowest BCUT2D eigenvalue weighted by Crippen LogP contribution is -2.74. The van der Waals surface area contributed by atoms with E-state index in [1.165, 1.54) is 0 Å². The van der Waals surface area contributed by atoms with E-state index in [2.05, 4.69) is 0 Å². The van der Waals surface area contributed by atoms with Gasteiger partial charge in [-0.05, 0) is 12.8 Å². The molecule has 0 spiro atoms. The van der Waals surface area contributed by atoms with E-state index in [0.717, 1.165) is 0 Å². The van der Waals surface area contributed by atoms with Gasteiger partial charge in [0.2, 0.25) is 0 Å². The number of hydrogen-bond donors (Lipinski definition) is 1. The van der Waals surface area contributed by atoms with Crippen molar-refractivity contribution in [1.29, 1.82) is 0 Å². The van der Waals surface area contributed by atoms with Crippen LogP contribution in [0.25, 0.3) is 0 Å². The van der Waals surface area contributed by atoms with Gasteiger partial charge in [-0.25, -0.2) is 0 Å². The quantitative estimate of drug-likeness (QED) is 0.194. The second-order valence-electron chi connectivity index (χ2n) is 6.89. The van der Waals surface area contributed by atoms with E-state index in [4.69, 9.17) is 5.11 Å². The second kappa shape index (κ2) is 9.43. The van der Waals surface area contributed by atoms with Crippen LogP contribution < -0.4 is 0 Å². The average Bonchev–Trinajstić information content (AvgIpc) is 2.62. The molecule has 1 nitrogen and oxygen atoms in total. The van der Waals surface area contributed by atoms with E-state index >= 15 is 0 Å². The molecule has 0 aliphatic carbocycles. The molecule has 0 radical (unpaired) electrons. The second-order valence-corrected chi connectivity index (χ2v) is 6.89. The van der Waals surface area contributed by atoms with Crippen LogP contribution in [0.15, 0.2) is 0 Å². The third-order valence-electron chi connectivity index (χ3n) is 4.44. The van der Waals surface area contributed by atoms with Crippen molar-refractivity contribution < 1.29 is 79.7 Å². The Balaban J connectivity index is 6.11. The molecule has 0 unspecified atom stereocenters. The molecule has 33 heavy (non-hydrogen) atoms.